The van der Waals surface area contributed by atoms with Crippen molar-refractivity contribution in [3.8, 4) is 0 Å². The lowest BCUT2D eigenvalue weighted by molar-refractivity contribution is -0.0151. The highest BCUT2D eigenvalue weighted by molar-refractivity contribution is 4.83. The predicted octanol–water partition coefficient (Wildman–Crippen LogP) is 0.722. The van der Waals surface area contributed by atoms with Crippen LogP contribution in [0.3, 0.4) is 0 Å². The Kier molecular flexibility index (Phi) is 5.22. The van der Waals surface area contributed by atoms with Crippen LogP contribution >= 0.6 is 0 Å². The summed E-state index contributed by atoms with van der Waals surface area (Å²) in [4.78, 5) is 2.37. The molecule has 0 aromatic carbocycles. The second-order valence-electron chi connectivity index (χ2n) is 5.41. The molecule has 17 heavy (non-hydrogen) atoms. The Bertz CT molecular complexity index is 211. The fraction of sp³-hybridized carbons (Fsp3) is 1.00. The number of morpholine rings is 1. The Morgan fingerprint density at radius 3 is 2.59 bits per heavy atom. The summed E-state index contributed by atoms with van der Waals surface area (Å²) in [6.45, 7) is 4.73. The lowest BCUT2D eigenvalue weighted by Gasteiger charge is -2.37. The first kappa shape index (κ1) is 13.3. The van der Waals surface area contributed by atoms with Crippen molar-refractivity contribution >= 4 is 0 Å². The van der Waals surface area contributed by atoms with Crippen LogP contribution in [0.5, 0.6) is 0 Å². The molecule has 2 atom stereocenters. The molecule has 2 aliphatic rings. The predicted molar refractivity (Wildman–Crippen MR) is 68.2 cm³/mol. The molecule has 4 heteroatoms. The van der Waals surface area contributed by atoms with E-state index in [-0.39, 0.29) is 0 Å². The Morgan fingerprint density at radius 1 is 1.24 bits per heavy atom. The summed E-state index contributed by atoms with van der Waals surface area (Å²) >= 11 is 0. The number of hydrogen-bond acceptors (Lipinski definition) is 4. The molecule has 2 saturated heterocycles. The molecule has 0 saturated carbocycles. The van der Waals surface area contributed by atoms with Crippen LogP contribution in [0, 0.1) is 5.92 Å². The maximum Gasteiger partial charge on any atom is 0.0715 e. The van der Waals surface area contributed by atoms with Crippen LogP contribution in [0.4, 0.5) is 0 Å². The Balaban J connectivity index is 1.86. The van der Waals surface area contributed by atoms with Crippen LogP contribution in [0.15, 0.2) is 0 Å². The highest BCUT2D eigenvalue weighted by Crippen LogP contribution is 2.25. The van der Waals surface area contributed by atoms with E-state index in [1.54, 1.807) is 0 Å². The molecular weight excluding hydrogens is 216 g/mol. The number of rotatable bonds is 4. The zero-order chi connectivity index (χ0) is 12.1. The molecular formula is C13H26N2O2. The first-order chi connectivity index (χ1) is 8.27. The van der Waals surface area contributed by atoms with Crippen LogP contribution in [0.25, 0.3) is 0 Å². The Labute approximate surface area is 105 Å². The SMILES string of the molecule is CN(C)C(CC1CNCCO1)C1CCOCC1. The molecule has 2 aliphatic heterocycles. The minimum absolute atomic E-state index is 0.388. The maximum absolute atomic E-state index is 5.83. The van der Waals surface area contributed by atoms with E-state index in [0.717, 1.165) is 45.2 Å². The minimum atomic E-state index is 0.388. The van der Waals surface area contributed by atoms with Crippen LogP contribution in [0.1, 0.15) is 19.3 Å². The van der Waals surface area contributed by atoms with Gasteiger partial charge in [-0.1, -0.05) is 0 Å². The smallest absolute Gasteiger partial charge is 0.0715 e. The third-order valence-electron chi connectivity index (χ3n) is 3.98. The monoisotopic (exact) mass is 242 g/mol. The molecule has 0 radical (unpaired) electrons. The Hall–Kier alpha value is -0.160. The van der Waals surface area contributed by atoms with E-state index in [0.29, 0.717) is 12.1 Å². The number of hydrogen-bond donors (Lipinski definition) is 1. The fourth-order valence-corrected chi connectivity index (χ4v) is 2.97. The first-order valence-electron chi connectivity index (χ1n) is 6.84. The number of nitrogens with zero attached hydrogens (tertiary/aromatic N) is 1. The lowest BCUT2D eigenvalue weighted by atomic mass is 9.87. The summed E-state index contributed by atoms with van der Waals surface area (Å²) in [5.74, 6) is 0.768. The van der Waals surface area contributed by atoms with Crippen molar-refractivity contribution in [3.63, 3.8) is 0 Å². The molecule has 0 aromatic heterocycles. The summed E-state index contributed by atoms with van der Waals surface area (Å²) in [5.41, 5.74) is 0. The summed E-state index contributed by atoms with van der Waals surface area (Å²) in [6, 6.07) is 0.629. The third kappa shape index (κ3) is 3.91. The number of nitrogens with one attached hydrogen (secondary N) is 1. The van der Waals surface area contributed by atoms with Gasteiger partial charge in [0.2, 0.25) is 0 Å². The minimum Gasteiger partial charge on any atom is -0.381 e. The molecule has 2 unspecified atom stereocenters. The highest BCUT2D eigenvalue weighted by Gasteiger charge is 2.29. The number of ether oxygens (including phenoxy) is 2. The van der Waals surface area contributed by atoms with Gasteiger partial charge in [0.25, 0.3) is 0 Å². The van der Waals surface area contributed by atoms with E-state index in [9.17, 15) is 0 Å². The zero-order valence-electron chi connectivity index (χ0n) is 11.2. The first-order valence-corrected chi connectivity index (χ1v) is 6.84. The molecule has 4 nitrogen and oxygen atoms in total. The van der Waals surface area contributed by atoms with Gasteiger partial charge in [-0.05, 0) is 39.3 Å². The molecule has 0 aliphatic carbocycles. The largest absolute Gasteiger partial charge is 0.381 e. The Morgan fingerprint density at radius 2 is 2.00 bits per heavy atom. The van der Waals surface area contributed by atoms with Crippen molar-refractivity contribution in [1.29, 1.82) is 0 Å². The molecule has 2 heterocycles. The molecule has 0 spiro atoms. The molecule has 0 amide bonds. The zero-order valence-corrected chi connectivity index (χ0v) is 11.2. The van der Waals surface area contributed by atoms with Gasteiger partial charge >= 0.3 is 0 Å². The van der Waals surface area contributed by atoms with Crippen LogP contribution in [0.2, 0.25) is 0 Å². The summed E-state index contributed by atoms with van der Waals surface area (Å²) in [7, 11) is 4.38. The normalized spacial score (nSPS) is 29.5. The van der Waals surface area contributed by atoms with E-state index in [1.807, 2.05) is 0 Å². The van der Waals surface area contributed by atoms with Crippen molar-refractivity contribution in [3.05, 3.63) is 0 Å². The second kappa shape index (κ2) is 6.69. The van der Waals surface area contributed by atoms with Gasteiger partial charge in [0, 0.05) is 32.3 Å². The van der Waals surface area contributed by atoms with Crippen molar-refractivity contribution in [2.24, 2.45) is 5.92 Å². The van der Waals surface area contributed by atoms with Gasteiger partial charge in [-0.25, -0.2) is 0 Å². The van der Waals surface area contributed by atoms with Crippen LogP contribution in [-0.2, 0) is 9.47 Å². The van der Waals surface area contributed by atoms with Crippen molar-refractivity contribution in [2.45, 2.75) is 31.4 Å². The third-order valence-corrected chi connectivity index (χ3v) is 3.98. The standard InChI is InChI=1S/C13H26N2O2/c1-15(2)13(11-3-6-16-7-4-11)9-12-10-14-5-8-17-12/h11-14H,3-10H2,1-2H3. The fourth-order valence-electron chi connectivity index (χ4n) is 2.97. The average molecular weight is 242 g/mol. The molecule has 0 bridgehead atoms. The van der Waals surface area contributed by atoms with Gasteiger partial charge in [0.15, 0.2) is 0 Å². The molecule has 2 fully saturated rings. The van der Waals surface area contributed by atoms with Gasteiger partial charge < -0.3 is 19.7 Å². The van der Waals surface area contributed by atoms with Gasteiger partial charge in [-0.2, -0.15) is 0 Å². The van der Waals surface area contributed by atoms with Crippen molar-refractivity contribution < 1.29 is 9.47 Å². The van der Waals surface area contributed by atoms with Crippen LogP contribution in [-0.4, -0.2) is 64.1 Å². The highest BCUT2D eigenvalue weighted by atomic mass is 16.5. The lowest BCUT2D eigenvalue weighted by Crippen LogP contribution is -2.46. The van der Waals surface area contributed by atoms with Crippen LogP contribution < -0.4 is 5.32 Å². The molecule has 100 valence electrons. The molecule has 0 aromatic rings. The van der Waals surface area contributed by atoms with Gasteiger partial charge in [-0.3, -0.25) is 0 Å². The molecule has 2 rings (SSSR count). The van der Waals surface area contributed by atoms with E-state index < -0.39 is 0 Å². The summed E-state index contributed by atoms with van der Waals surface area (Å²) in [6.07, 6.45) is 3.93. The van der Waals surface area contributed by atoms with Gasteiger partial charge in [-0.15, -0.1) is 0 Å². The van der Waals surface area contributed by atoms with Gasteiger partial charge in [0.05, 0.1) is 12.7 Å². The van der Waals surface area contributed by atoms with E-state index in [2.05, 4.69) is 24.3 Å². The van der Waals surface area contributed by atoms with Gasteiger partial charge in [0.1, 0.15) is 0 Å². The van der Waals surface area contributed by atoms with Crippen molar-refractivity contribution in [2.75, 3.05) is 47.0 Å². The second-order valence-corrected chi connectivity index (χ2v) is 5.41. The quantitative estimate of drug-likeness (QED) is 0.788. The van der Waals surface area contributed by atoms with Crippen molar-refractivity contribution in [1.82, 2.24) is 10.2 Å². The van der Waals surface area contributed by atoms with E-state index in [4.69, 9.17) is 9.47 Å². The van der Waals surface area contributed by atoms with E-state index >= 15 is 0 Å². The average Bonchev–Trinajstić information content (AvgIpc) is 2.38. The maximum atomic E-state index is 5.83. The summed E-state index contributed by atoms with van der Waals surface area (Å²) < 4.78 is 11.3. The molecule has 1 N–H and O–H groups in total. The topological polar surface area (TPSA) is 33.7 Å². The summed E-state index contributed by atoms with van der Waals surface area (Å²) in [5, 5.41) is 3.41. The van der Waals surface area contributed by atoms with E-state index in [1.165, 1.54) is 12.8 Å².